The molecule has 7 heteroatoms. The molecule has 2 heterocycles. The summed E-state index contributed by atoms with van der Waals surface area (Å²) in [6, 6.07) is 6.85. The first-order valence-corrected chi connectivity index (χ1v) is 11.1. The van der Waals surface area contributed by atoms with Crippen LogP contribution in [0.4, 0.5) is 0 Å². The quantitative estimate of drug-likeness (QED) is 0.739. The van der Waals surface area contributed by atoms with E-state index in [1.165, 1.54) is 26.4 Å². The number of methoxy groups -OCH3 is 1. The van der Waals surface area contributed by atoms with Crippen LogP contribution in [0.15, 0.2) is 24.3 Å². The fourth-order valence-corrected chi connectivity index (χ4v) is 5.12. The van der Waals surface area contributed by atoms with Crippen LogP contribution < -0.4 is 4.74 Å². The number of piperidine rings is 1. The summed E-state index contributed by atoms with van der Waals surface area (Å²) in [7, 11) is 1.35. The van der Waals surface area contributed by atoms with Crippen LogP contribution in [0, 0.1) is 11.8 Å². The number of rotatable bonds is 5. The number of ether oxygens (including phenoxy) is 2. The molecule has 7 nitrogen and oxygen atoms in total. The topological polar surface area (TPSA) is 79.3 Å². The molecule has 3 aliphatic rings. The van der Waals surface area contributed by atoms with Gasteiger partial charge in [-0.3, -0.25) is 9.69 Å². The maximum atomic E-state index is 12.8. The third-order valence-electron chi connectivity index (χ3n) is 6.79. The second kappa shape index (κ2) is 9.35. The van der Waals surface area contributed by atoms with Crippen LogP contribution in [0.3, 0.4) is 0 Å². The van der Waals surface area contributed by atoms with Crippen LogP contribution in [0.5, 0.6) is 5.75 Å². The van der Waals surface area contributed by atoms with Crippen LogP contribution >= 0.6 is 0 Å². The Bertz CT molecular complexity index is 764. The first-order chi connectivity index (χ1) is 14.5. The summed E-state index contributed by atoms with van der Waals surface area (Å²) in [5.41, 5.74) is 0.425. The van der Waals surface area contributed by atoms with Gasteiger partial charge in [-0.2, -0.15) is 0 Å². The second-order valence-electron chi connectivity index (χ2n) is 8.87. The molecule has 3 fully saturated rings. The molecule has 1 amide bonds. The molecule has 1 aliphatic carbocycles. The highest BCUT2D eigenvalue weighted by Gasteiger charge is 2.44. The maximum absolute atomic E-state index is 12.8. The third kappa shape index (κ3) is 4.78. The average molecular weight is 417 g/mol. The maximum Gasteiger partial charge on any atom is 0.337 e. The van der Waals surface area contributed by atoms with Gasteiger partial charge in [-0.15, -0.1) is 0 Å². The number of nitrogens with zero attached hydrogens (tertiary/aromatic N) is 2. The number of benzene rings is 1. The van der Waals surface area contributed by atoms with Gasteiger partial charge in [0.25, 0.3) is 0 Å². The van der Waals surface area contributed by atoms with Gasteiger partial charge in [0.1, 0.15) is 11.9 Å². The lowest BCUT2D eigenvalue weighted by atomic mass is 9.78. The van der Waals surface area contributed by atoms with Crippen LogP contribution in [-0.2, 0) is 9.53 Å². The van der Waals surface area contributed by atoms with Gasteiger partial charge in [-0.1, -0.05) is 12.5 Å². The number of hydrogen-bond donors (Lipinski definition) is 1. The van der Waals surface area contributed by atoms with Crippen LogP contribution in [0.2, 0.25) is 0 Å². The predicted molar refractivity (Wildman–Crippen MR) is 111 cm³/mol. The summed E-state index contributed by atoms with van der Waals surface area (Å²) >= 11 is 0. The molecule has 1 N–H and O–H groups in total. The van der Waals surface area contributed by atoms with Crippen molar-refractivity contribution < 1.29 is 24.2 Å². The largest absolute Gasteiger partial charge is 0.488 e. The highest BCUT2D eigenvalue weighted by atomic mass is 16.5. The first-order valence-electron chi connectivity index (χ1n) is 11.1. The second-order valence-corrected chi connectivity index (χ2v) is 8.87. The van der Waals surface area contributed by atoms with E-state index >= 15 is 0 Å². The minimum atomic E-state index is -0.579. The smallest absolute Gasteiger partial charge is 0.337 e. The third-order valence-corrected chi connectivity index (χ3v) is 6.79. The van der Waals surface area contributed by atoms with E-state index in [9.17, 15) is 14.7 Å². The molecule has 1 aromatic rings. The summed E-state index contributed by atoms with van der Waals surface area (Å²) in [6.07, 6.45) is 4.06. The fourth-order valence-electron chi connectivity index (χ4n) is 5.12. The molecule has 4 rings (SSSR count). The number of esters is 1. The summed E-state index contributed by atoms with van der Waals surface area (Å²) in [5.74, 6) is 1.02. The van der Waals surface area contributed by atoms with Crippen molar-refractivity contribution in [2.75, 3.05) is 39.8 Å². The van der Waals surface area contributed by atoms with E-state index in [0.717, 1.165) is 26.2 Å². The van der Waals surface area contributed by atoms with E-state index in [1.807, 2.05) is 4.90 Å². The van der Waals surface area contributed by atoms with Gasteiger partial charge in [-0.25, -0.2) is 4.79 Å². The Kier molecular flexibility index (Phi) is 6.58. The zero-order valence-electron chi connectivity index (χ0n) is 17.7. The highest BCUT2D eigenvalue weighted by Crippen LogP contribution is 2.38. The van der Waals surface area contributed by atoms with Crippen LogP contribution in [0.1, 0.15) is 42.5 Å². The number of fused-ring (bicyclic) bond motifs is 1. The average Bonchev–Trinajstić information content (AvgIpc) is 3.17. The monoisotopic (exact) mass is 416 g/mol. The zero-order valence-corrected chi connectivity index (χ0v) is 17.7. The Morgan fingerprint density at radius 1 is 1.10 bits per heavy atom. The SMILES string of the molecule is COC(=O)c1cccc(O[C@@H]2C[C@@H]3CN(C(=O)CN4CCCCC4)C[C@@H]3C[C@H]2O)c1. The summed E-state index contributed by atoms with van der Waals surface area (Å²) in [6.45, 7) is 4.03. The van der Waals surface area contributed by atoms with Gasteiger partial charge in [0, 0.05) is 13.1 Å². The van der Waals surface area contributed by atoms with Gasteiger partial charge in [0.15, 0.2) is 0 Å². The van der Waals surface area contributed by atoms with E-state index < -0.39 is 12.1 Å². The molecule has 0 radical (unpaired) electrons. The van der Waals surface area contributed by atoms with Crippen LogP contribution in [0.25, 0.3) is 0 Å². The van der Waals surface area contributed by atoms with E-state index in [1.54, 1.807) is 24.3 Å². The first kappa shape index (κ1) is 21.1. The molecule has 0 bridgehead atoms. The zero-order chi connectivity index (χ0) is 21.1. The van der Waals surface area contributed by atoms with Crippen molar-refractivity contribution in [3.8, 4) is 5.75 Å². The molecule has 2 aliphatic heterocycles. The van der Waals surface area contributed by atoms with Gasteiger partial charge >= 0.3 is 5.97 Å². The Labute approximate surface area is 177 Å². The molecule has 1 saturated carbocycles. The predicted octanol–water partition coefficient (Wildman–Crippen LogP) is 1.94. The number of amides is 1. The highest BCUT2D eigenvalue weighted by molar-refractivity contribution is 5.89. The molecule has 4 atom stereocenters. The Hall–Kier alpha value is -2.12. The normalized spacial score (nSPS) is 29.3. The molecule has 0 spiro atoms. The standard InChI is InChI=1S/C23H32N2O5/c1-29-23(28)16-6-5-7-19(10-16)30-21-12-18-14-25(13-17(18)11-20(21)26)22(27)15-24-8-3-2-4-9-24/h5-7,10,17-18,20-21,26H,2-4,8-9,11-15H2,1H3/t17-,18+,20+,21+/m0/s1. The van der Waals surface area contributed by atoms with Gasteiger partial charge in [-0.05, 0) is 68.8 Å². The summed E-state index contributed by atoms with van der Waals surface area (Å²) < 4.78 is 10.8. The molecule has 2 saturated heterocycles. The number of aliphatic hydroxyl groups excluding tert-OH is 1. The number of carbonyl (C=O) groups is 2. The number of carbonyl (C=O) groups excluding carboxylic acids is 2. The van der Waals surface area contributed by atoms with Crippen molar-refractivity contribution in [1.29, 1.82) is 0 Å². The van der Waals surface area contributed by atoms with Gasteiger partial charge in [0.2, 0.25) is 5.91 Å². The molecule has 0 unspecified atom stereocenters. The lowest BCUT2D eigenvalue weighted by Gasteiger charge is -2.35. The lowest BCUT2D eigenvalue weighted by molar-refractivity contribution is -0.131. The Morgan fingerprint density at radius 3 is 2.57 bits per heavy atom. The van der Waals surface area contributed by atoms with Crippen molar-refractivity contribution >= 4 is 11.9 Å². The Balaban J connectivity index is 1.34. The minimum Gasteiger partial charge on any atom is -0.488 e. The van der Waals surface area contributed by atoms with Crippen molar-refractivity contribution in [2.24, 2.45) is 11.8 Å². The molecule has 1 aromatic carbocycles. The fraction of sp³-hybridized carbons (Fsp3) is 0.652. The molecule has 0 aromatic heterocycles. The van der Waals surface area contributed by atoms with Crippen molar-refractivity contribution in [1.82, 2.24) is 9.80 Å². The Morgan fingerprint density at radius 2 is 1.83 bits per heavy atom. The number of hydrogen-bond acceptors (Lipinski definition) is 6. The summed E-state index contributed by atoms with van der Waals surface area (Å²) in [5, 5.41) is 10.7. The van der Waals surface area contributed by atoms with Gasteiger partial charge < -0.3 is 19.5 Å². The molecule has 30 heavy (non-hydrogen) atoms. The molecular formula is C23H32N2O5. The number of aliphatic hydroxyl groups is 1. The lowest BCUT2D eigenvalue weighted by Crippen LogP contribution is -2.42. The van der Waals surface area contributed by atoms with Crippen LogP contribution in [-0.4, -0.2) is 78.8 Å². The number of likely N-dealkylation sites (tertiary alicyclic amines) is 2. The van der Waals surface area contributed by atoms with E-state index in [2.05, 4.69) is 4.90 Å². The minimum absolute atomic E-state index is 0.212. The van der Waals surface area contributed by atoms with E-state index in [0.29, 0.717) is 42.5 Å². The van der Waals surface area contributed by atoms with Crippen molar-refractivity contribution in [3.63, 3.8) is 0 Å². The summed E-state index contributed by atoms with van der Waals surface area (Å²) in [4.78, 5) is 28.8. The van der Waals surface area contributed by atoms with E-state index in [-0.39, 0.29) is 12.0 Å². The van der Waals surface area contributed by atoms with Gasteiger partial charge in [0.05, 0.1) is 25.3 Å². The molecular weight excluding hydrogens is 384 g/mol. The van der Waals surface area contributed by atoms with Crippen molar-refractivity contribution in [2.45, 2.75) is 44.3 Å². The van der Waals surface area contributed by atoms with E-state index in [4.69, 9.17) is 9.47 Å². The van der Waals surface area contributed by atoms with Crippen molar-refractivity contribution in [3.05, 3.63) is 29.8 Å². The molecule has 164 valence electrons.